The fourth-order valence-electron chi connectivity index (χ4n) is 5.13. The minimum Gasteiger partial charge on any atom is -0.354 e. The number of likely N-dealkylation sites (tertiary alicyclic amines) is 1. The summed E-state index contributed by atoms with van der Waals surface area (Å²) in [7, 11) is 0. The molecule has 0 unspecified atom stereocenters. The Bertz CT molecular complexity index is 1400. The zero-order chi connectivity index (χ0) is 24.9. The highest BCUT2D eigenvalue weighted by Gasteiger charge is 2.17. The van der Waals surface area contributed by atoms with E-state index in [4.69, 9.17) is 0 Å². The van der Waals surface area contributed by atoms with E-state index in [-0.39, 0.29) is 23.8 Å². The zero-order valence-corrected chi connectivity index (χ0v) is 20.5. The molecule has 0 saturated carbocycles. The van der Waals surface area contributed by atoms with Crippen LogP contribution in [0, 0.1) is 5.82 Å². The molecule has 1 fully saturated rings. The molecular weight excluding hydrogens is 457 g/mol. The van der Waals surface area contributed by atoms with Crippen LogP contribution in [0.2, 0.25) is 0 Å². The first-order valence-electron chi connectivity index (χ1n) is 12.8. The lowest BCUT2D eigenvalue weighted by Crippen LogP contribution is -2.35. The van der Waals surface area contributed by atoms with Crippen molar-refractivity contribution in [3.8, 4) is 0 Å². The van der Waals surface area contributed by atoms with Crippen LogP contribution in [0.25, 0.3) is 21.8 Å². The van der Waals surface area contributed by atoms with Crippen molar-refractivity contribution in [3.63, 3.8) is 0 Å². The number of benzene rings is 2. The van der Waals surface area contributed by atoms with Crippen molar-refractivity contribution in [2.45, 2.75) is 45.2 Å². The van der Waals surface area contributed by atoms with E-state index in [1.54, 1.807) is 18.3 Å². The zero-order valence-electron chi connectivity index (χ0n) is 20.5. The third-order valence-electron chi connectivity index (χ3n) is 6.99. The predicted molar refractivity (Wildman–Crippen MR) is 140 cm³/mol. The van der Waals surface area contributed by atoms with Crippen molar-refractivity contribution in [1.29, 1.82) is 0 Å². The number of hydrogen-bond donors (Lipinski definition) is 1. The Balaban J connectivity index is 1.33. The normalized spacial score (nSPS) is 14.8. The summed E-state index contributed by atoms with van der Waals surface area (Å²) in [6, 6.07) is 14.0. The number of amides is 1. The number of fused-ring (bicyclic) bond motifs is 3. The third-order valence-corrected chi connectivity index (χ3v) is 6.99. The second-order valence-corrected chi connectivity index (χ2v) is 9.56. The summed E-state index contributed by atoms with van der Waals surface area (Å²) in [4.78, 5) is 28.6. The number of halogens is 1. The molecule has 1 N–H and O–H groups in total. The van der Waals surface area contributed by atoms with Crippen molar-refractivity contribution in [1.82, 2.24) is 24.6 Å². The van der Waals surface area contributed by atoms with Crippen LogP contribution >= 0.6 is 0 Å². The summed E-state index contributed by atoms with van der Waals surface area (Å²) in [6.45, 7) is 4.12. The van der Waals surface area contributed by atoms with Crippen LogP contribution in [0.3, 0.4) is 0 Å². The minimum atomic E-state index is -0.314. The van der Waals surface area contributed by atoms with E-state index >= 15 is 0 Å². The van der Waals surface area contributed by atoms with Gasteiger partial charge in [0.15, 0.2) is 0 Å². The smallest absolute Gasteiger partial charge is 0.291 e. The first kappa shape index (κ1) is 24.2. The van der Waals surface area contributed by atoms with Gasteiger partial charge in [0.05, 0.1) is 6.20 Å². The minimum absolute atomic E-state index is 0.128. The average Bonchev–Trinajstić information content (AvgIpc) is 3.02. The van der Waals surface area contributed by atoms with Gasteiger partial charge in [0.2, 0.25) is 5.91 Å². The molecule has 1 aliphatic rings. The largest absolute Gasteiger partial charge is 0.354 e. The van der Waals surface area contributed by atoms with Gasteiger partial charge in [0.25, 0.3) is 5.56 Å². The fourth-order valence-corrected chi connectivity index (χ4v) is 5.13. The molecule has 1 saturated heterocycles. The Morgan fingerprint density at radius 1 is 0.972 bits per heavy atom. The molecule has 3 heterocycles. The molecule has 0 spiro atoms. The second kappa shape index (κ2) is 11.0. The summed E-state index contributed by atoms with van der Waals surface area (Å²) in [5.41, 5.74) is 1.95. The molecule has 0 aliphatic carbocycles. The van der Waals surface area contributed by atoms with Gasteiger partial charge in [-0.1, -0.05) is 43.2 Å². The van der Waals surface area contributed by atoms with Crippen molar-refractivity contribution < 1.29 is 9.18 Å². The Morgan fingerprint density at radius 2 is 1.72 bits per heavy atom. The van der Waals surface area contributed by atoms with Crippen LogP contribution in [-0.4, -0.2) is 51.3 Å². The summed E-state index contributed by atoms with van der Waals surface area (Å²) >= 11 is 0. The third kappa shape index (κ3) is 5.33. The molecular formula is C28H32FN5O2. The lowest BCUT2D eigenvalue weighted by atomic mass is 10.2. The lowest BCUT2D eigenvalue weighted by Gasteiger charge is -2.19. The summed E-state index contributed by atoms with van der Waals surface area (Å²) < 4.78 is 16.6. The number of carbonyl (C=O) groups excluding carboxylic acids is 1. The molecule has 1 aliphatic heterocycles. The van der Waals surface area contributed by atoms with E-state index in [1.807, 2.05) is 28.8 Å². The highest BCUT2D eigenvalue weighted by Crippen LogP contribution is 2.27. The Hall–Kier alpha value is -3.52. The first-order valence-corrected chi connectivity index (χ1v) is 12.8. The molecule has 0 radical (unpaired) electrons. The van der Waals surface area contributed by atoms with E-state index in [2.05, 4.69) is 15.3 Å². The maximum absolute atomic E-state index is 13.5. The summed E-state index contributed by atoms with van der Waals surface area (Å²) in [6.07, 6.45) is 7.67. The van der Waals surface area contributed by atoms with E-state index < -0.39 is 0 Å². The number of carbonyl (C=O) groups is 1. The average molecular weight is 490 g/mol. The molecule has 7 nitrogen and oxygen atoms in total. The van der Waals surface area contributed by atoms with Crippen LogP contribution in [0.1, 0.15) is 37.7 Å². The molecule has 0 bridgehead atoms. The monoisotopic (exact) mass is 489 g/mol. The molecule has 2 aromatic carbocycles. The standard InChI is InChI=1S/C28H32FN5O2/c29-22-12-10-21(11-13-22)19-33-25-9-4-3-8-23(25)24-18-31-34(28(36)27(24)33)20-26(35)30-14-7-17-32-15-5-1-2-6-16-32/h3-4,8-13,18H,1-2,5-7,14-17,19-20H2,(H,30,35). The number of aromatic nitrogens is 3. The van der Waals surface area contributed by atoms with Crippen molar-refractivity contribution >= 4 is 27.7 Å². The number of para-hydroxylation sites is 1. The number of hydrogen-bond acceptors (Lipinski definition) is 4. The van der Waals surface area contributed by atoms with E-state index in [1.165, 1.54) is 42.5 Å². The molecule has 188 valence electrons. The summed E-state index contributed by atoms with van der Waals surface area (Å²) in [5.74, 6) is -0.522. The van der Waals surface area contributed by atoms with Crippen molar-refractivity contribution in [2.75, 3.05) is 26.2 Å². The van der Waals surface area contributed by atoms with Crippen LogP contribution in [-0.2, 0) is 17.9 Å². The van der Waals surface area contributed by atoms with Crippen molar-refractivity contribution in [2.24, 2.45) is 0 Å². The lowest BCUT2D eigenvalue weighted by molar-refractivity contribution is -0.121. The Kier molecular flexibility index (Phi) is 7.41. The van der Waals surface area contributed by atoms with Gasteiger partial charge in [0.1, 0.15) is 17.9 Å². The first-order chi connectivity index (χ1) is 17.6. The van der Waals surface area contributed by atoms with Gasteiger partial charge in [-0.2, -0.15) is 5.10 Å². The molecule has 4 aromatic rings. The Morgan fingerprint density at radius 3 is 2.50 bits per heavy atom. The van der Waals surface area contributed by atoms with Crippen LogP contribution in [0.4, 0.5) is 4.39 Å². The number of nitrogens with one attached hydrogen (secondary N) is 1. The van der Waals surface area contributed by atoms with Crippen molar-refractivity contribution in [3.05, 3.63) is 76.5 Å². The SMILES string of the molecule is O=C(Cn1ncc2c3ccccc3n(Cc3ccc(F)cc3)c2c1=O)NCCCN1CCCCCC1. The molecule has 0 atom stereocenters. The van der Waals surface area contributed by atoms with E-state index in [9.17, 15) is 14.0 Å². The maximum Gasteiger partial charge on any atom is 0.291 e. The second-order valence-electron chi connectivity index (χ2n) is 9.56. The van der Waals surface area contributed by atoms with Crippen LogP contribution in [0.15, 0.2) is 59.5 Å². The van der Waals surface area contributed by atoms with E-state index in [0.29, 0.717) is 18.6 Å². The molecule has 2 aromatic heterocycles. The molecule has 5 rings (SSSR count). The maximum atomic E-state index is 13.5. The Labute approximate surface area is 209 Å². The molecule has 1 amide bonds. The highest BCUT2D eigenvalue weighted by atomic mass is 19.1. The number of rotatable bonds is 8. The van der Waals surface area contributed by atoms with Gasteiger partial charge in [-0.3, -0.25) is 9.59 Å². The summed E-state index contributed by atoms with van der Waals surface area (Å²) in [5, 5.41) is 8.92. The topological polar surface area (TPSA) is 72.2 Å². The van der Waals surface area contributed by atoms with Crippen LogP contribution < -0.4 is 10.9 Å². The van der Waals surface area contributed by atoms with Crippen LogP contribution in [0.5, 0.6) is 0 Å². The van der Waals surface area contributed by atoms with Gasteiger partial charge in [-0.15, -0.1) is 0 Å². The number of nitrogens with zero attached hydrogens (tertiary/aromatic N) is 4. The van der Waals surface area contributed by atoms with Gasteiger partial charge < -0.3 is 14.8 Å². The van der Waals surface area contributed by atoms with Gasteiger partial charge >= 0.3 is 0 Å². The fraction of sp³-hybridized carbons (Fsp3) is 0.393. The highest BCUT2D eigenvalue weighted by molar-refractivity contribution is 6.07. The predicted octanol–water partition coefficient (Wildman–Crippen LogP) is 3.92. The van der Waals surface area contributed by atoms with Gasteiger partial charge in [0, 0.05) is 29.4 Å². The van der Waals surface area contributed by atoms with Gasteiger partial charge in [-0.25, -0.2) is 9.07 Å². The van der Waals surface area contributed by atoms with E-state index in [0.717, 1.165) is 47.9 Å². The van der Waals surface area contributed by atoms with Gasteiger partial charge in [-0.05, 0) is 62.7 Å². The quantitative estimate of drug-likeness (QED) is 0.381. The molecule has 36 heavy (non-hydrogen) atoms. The molecule has 8 heteroatoms.